The molecule has 0 amide bonds. The Bertz CT molecular complexity index is 578. The van der Waals surface area contributed by atoms with Crippen molar-refractivity contribution in [1.29, 1.82) is 0 Å². The van der Waals surface area contributed by atoms with Crippen LogP contribution >= 0.6 is 0 Å². The fourth-order valence-corrected chi connectivity index (χ4v) is 2.54. The van der Waals surface area contributed by atoms with Gasteiger partial charge in [0.1, 0.15) is 12.4 Å². The van der Waals surface area contributed by atoms with Gasteiger partial charge in [-0.25, -0.2) is 4.99 Å². The number of aliphatic imine (C=N–C) groups is 1. The van der Waals surface area contributed by atoms with E-state index in [1.54, 1.807) is 0 Å². The van der Waals surface area contributed by atoms with Crippen molar-refractivity contribution < 1.29 is 14.2 Å². The van der Waals surface area contributed by atoms with E-state index in [-0.39, 0.29) is 6.79 Å². The maximum Gasteiger partial charge on any atom is 0.231 e. The molecule has 1 aromatic rings. The molecule has 1 aromatic carbocycles. The summed E-state index contributed by atoms with van der Waals surface area (Å²) in [5, 5.41) is 6.69. The molecule has 0 unspecified atom stereocenters. The zero-order chi connectivity index (χ0) is 15.9. The lowest BCUT2D eigenvalue weighted by Crippen LogP contribution is -2.42. The normalized spacial score (nSPS) is 16.7. The molecule has 0 saturated heterocycles. The number of nitrogens with zero attached hydrogens (tertiary/aromatic N) is 1. The number of hydrogen-bond donors (Lipinski definition) is 2. The molecule has 6 heteroatoms. The van der Waals surface area contributed by atoms with Crippen molar-refractivity contribution in [3.63, 3.8) is 0 Å². The second-order valence-corrected chi connectivity index (χ2v) is 5.41. The van der Waals surface area contributed by atoms with E-state index in [0.717, 1.165) is 42.6 Å². The molecule has 2 aliphatic rings. The quantitative estimate of drug-likeness (QED) is 0.364. The van der Waals surface area contributed by atoms with E-state index < -0.39 is 0 Å². The van der Waals surface area contributed by atoms with Crippen molar-refractivity contribution in [3.8, 4) is 17.2 Å². The van der Waals surface area contributed by atoms with Gasteiger partial charge in [0.05, 0.1) is 6.54 Å². The lowest BCUT2D eigenvalue weighted by molar-refractivity contribution is 0.174. The summed E-state index contributed by atoms with van der Waals surface area (Å²) in [5.74, 6) is 3.10. The predicted molar refractivity (Wildman–Crippen MR) is 89.3 cm³/mol. The van der Waals surface area contributed by atoms with Gasteiger partial charge in [-0.2, -0.15) is 0 Å². The van der Waals surface area contributed by atoms with Gasteiger partial charge >= 0.3 is 0 Å². The molecule has 0 spiro atoms. The molecule has 1 aliphatic carbocycles. The summed E-state index contributed by atoms with van der Waals surface area (Å²) in [6, 6.07) is 6.03. The molecule has 0 fully saturated rings. The van der Waals surface area contributed by atoms with Crippen molar-refractivity contribution in [3.05, 3.63) is 30.4 Å². The number of rotatable bonds is 6. The fraction of sp³-hybridized carbons (Fsp3) is 0.471. The van der Waals surface area contributed by atoms with Crippen molar-refractivity contribution in [1.82, 2.24) is 10.6 Å². The summed E-state index contributed by atoms with van der Waals surface area (Å²) >= 11 is 0. The van der Waals surface area contributed by atoms with Gasteiger partial charge < -0.3 is 24.8 Å². The molecular formula is C17H23N3O3. The van der Waals surface area contributed by atoms with Crippen LogP contribution < -0.4 is 24.8 Å². The van der Waals surface area contributed by atoms with Crippen molar-refractivity contribution in [2.45, 2.75) is 25.8 Å². The second kappa shape index (κ2) is 7.76. The average Bonchev–Trinajstić information content (AvgIpc) is 3.22. The first-order chi connectivity index (χ1) is 11.3. The average molecular weight is 317 g/mol. The molecule has 0 bridgehead atoms. The van der Waals surface area contributed by atoms with Crippen LogP contribution in [0.2, 0.25) is 0 Å². The van der Waals surface area contributed by atoms with E-state index in [0.29, 0.717) is 19.2 Å². The summed E-state index contributed by atoms with van der Waals surface area (Å²) < 4.78 is 16.3. The zero-order valence-corrected chi connectivity index (χ0v) is 13.4. The molecule has 0 saturated carbocycles. The molecule has 6 nitrogen and oxygen atoms in total. The predicted octanol–water partition coefficient (Wildman–Crippen LogP) is 2.07. The maximum absolute atomic E-state index is 5.72. The smallest absolute Gasteiger partial charge is 0.231 e. The Morgan fingerprint density at radius 1 is 1.26 bits per heavy atom. The van der Waals surface area contributed by atoms with Crippen LogP contribution in [0.5, 0.6) is 17.2 Å². The highest BCUT2D eigenvalue weighted by Gasteiger charge is 2.14. The highest BCUT2D eigenvalue weighted by molar-refractivity contribution is 5.80. The van der Waals surface area contributed by atoms with Crippen molar-refractivity contribution in [2.24, 2.45) is 4.99 Å². The minimum Gasteiger partial charge on any atom is -0.492 e. The van der Waals surface area contributed by atoms with E-state index in [9.17, 15) is 0 Å². The molecule has 3 rings (SSSR count). The van der Waals surface area contributed by atoms with Crippen LogP contribution in [-0.4, -0.2) is 38.5 Å². The monoisotopic (exact) mass is 317 g/mol. The summed E-state index contributed by atoms with van der Waals surface area (Å²) in [5.41, 5.74) is 0. The van der Waals surface area contributed by atoms with Gasteiger partial charge in [-0.3, -0.25) is 0 Å². The van der Waals surface area contributed by atoms with Gasteiger partial charge in [-0.05, 0) is 31.9 Å². The van der Waals surface area contributed by atoms with Gasteiger partial charge in [-0.15, -0.1) is 0 Å². The van der Waals surface area contributed by atoms with Gasteiger partial charge in [0.2, 0.25) is 6.79 Å². The summed E-state index contributed by atoms with van der Waals surface area (Å²) in [6.45, 7) is 4.28. The third kappa shape index (κ3) is 4.31. The van der Waals surface area contributed by atoms with Crippen LogP contribution in [0.25, 0.3) is 0 Å². The molecule has 2 N–H and O–H groups in total. The Balaban J connectivity index is 1.46. The molecule has 0 atom stereocenters. The standard InChI is InChI=1S/C17H23N3O3/c1-2-18-17(20-13-5-3-4-6-13)19-9-10-21-14-7-8-15-16(11-14)23-12-22-15/h3-4,7-8,11,13H,2,5-6,9-10,12H2,1H3,(H2,18,19,20). The van der Waals surface area contributed by atoms with Crippen molar-refractivity contribution >= 4 is 5.96 Å². The topological polar surface area (TPSA) is 64.1 Å². The van der Waals surface area contributed by atoms with Gasteiger partial charge in [0.25, 0.3) is 0 Å². The van der Waals surface area contributed by atoms with Crippen molar-refractivity contribution in [2.75, 3.05) is 26.5 Å². The summed E-state index contributed by atoms with van der Waals surface area (Å²) in [6.07, 6.45) is 6.50. The van der Waals surface area contributed by atoms with E-state index >= 15 is 0 Å². The SMILES string of the molecule is CCNC(=NCCOc1ccc2c(c1)OCO2)NC1CC=CC1. The van der Waals surface area contributed by atoms with Crippen LogP contribution in [0, 0.1) is 0 Å². The minimum atomic E-state index is 0.275. The largest absolute Gasteiger partial charge is 0.492 e. The van der Waals surface area contributed by atoms with Gasteiger partial charge in [-0.1, -0.05) is 12.2 Å². The molecule has 0 radical (unpaired) electrons. The lowest BCUT2D eigenvalue weighted by Gasteiger charge is -2.16. The highest BCUT2D eigenvalue weighted by atomic mass is 16.7. The van der Waals surface area contributed by atoms with Crippen LogP contribution in [0.15, 0.2) is 35.3 Å². The highest BCUT2D eigenvalue weighted by Crippen LogP contribution is 2.34. The fourth-order valence-electron chi connectivity index (χ4n) is 2.54. The Morgan fingerprint density at radius 3 is 2.91 bits per heavy atom. The molecular weight excluding hydrogens is 294 g/mol. The second-order valence-electron chi connectivity index (χ2n) is 5.41. The Labute approximate surface area is 136 Å². The first kappa shape index (κ1) is 15.5. The Kier molecular flexibility index (Phi) is 5.24. The van der Waals surface area contributed by atoms with Crippen LogP contribution in [0.4, 0.5) is 0 Å². The maximum atomic E-state index is 5.72. The first-order valence-corrected chi connectivity index (χ1v) is 8.07. The number of guanidine groups is 1. The lowest BCUT2D eigenvalue weighted by atomic mass is 10.2. The minimum absolute atomic E-state index is 0.275. The number of fused-ring (bicyclic) bond motifs is 1. The van der Waals surface area contributed by atoms with Crippen LogP contribution in [0.3, 0.4) is 0 Å². The summed E-state index contributed by atoms with van der Waals surface area (Å²) in [4.78, 5) is 4.55. The van der Waals surface area contributed by atoms with Gasteiger partial charge in [0, 0.05) is 18.7 Å². The van der Waals surface area contributed by atoms with E-state index in [4.69, 9.17) is 14.2 Å². The number of benzene rings is 1. The number of nitrogens with one attached hydrogen (secondary N) is 2. The number of hydrogen-bond acceptors (Lipinski definition) is 4. The molecule has 23 heavy (non-hydrogen) atoms. The van der Waals surface area contributed by atoms with Crippen LogP contribution in [0.1, 0.15) is 19.8 Å². The first-order valence-electron chi connectivity index (χ1n) is 8.07. The Hall–Kier alpha value is -2.37. The van der Waals surface area contributed by atoms with E-state index in [2.05, 4.69) is 34.7 Å². The molecule has 0 aromatic heterocycles. The number of ether oxygens (including phenoxy) is 3. The Morgan fingerprint density at radius 2 is 2.09 bits per heavy atom. The molecule has 1 aliphatic heterocycles. The summed E-state index contributed by atoms with van der Waals surface area (Å²) in [7, 11) is 0. The van der Waals surface area contributed by atoms with Gasteiger partial charge in [0.15, 0.2) is 17.5 Å². The molecule has 1 heterocycles. The third-order valence-corrected chi connectivity index (χ3v) is 3.67. The van der Waals surface area contributed by atoms with Crippen LogP contribution in [-0.2, 0) is 0 Å². The zero-order valence-electron chi connectivity index (χ0n) is 13.4. The molecule has 124 valence electrons. The van der Waals surface area contributed by atoms with E-state index in [1.807, 2.05) is 18.2 Å². The van der Waals surface area contributed by atoms with E-state index in [1.165, 1.54) is 0 Å². The third-order valence-electron chi connectivity index (χ3n) is 3.67.